The van der Waals surface area contributed by atoms with Crippen LogP contribution in [0.4, 0.5) is 4.39 Å². The third kappa shape index (κ3) is 6.65. The Labute approximate surface area is 367 Å². The molecule has 2 fully saturated rings. The van der Waals surface area contributed by atoms with Crippen molar-refractivity contribution in [3.8, 4) is 17.2 Å². The van der Waals surface area contributed by atoms with Crippen LogP contribution in [0.3, 0.4) is 0 Å². The number of carbonyl (C=O) groups is 1. The molecule has 3 aliphatic rings. The van der Waals surface area contributed by atoms with Gasteiger partial charge in [0.25, 0.3) is 5.91 Å². The van der Waals surface area contributed by atoms with Crippen LogP contribution in [0.15, 0.2) is 91.9 Å². The number of nitrogens with zero attached hydrogens (tertiary/aromatic N) is 8. The number of halogens is 1. The maximum Gasteiger partial charge on any atom is 0.338 e. The molecule has 1 saturated heterocycles. The second-order valence-corrected chi connectivity index (χ2v) is 20.3. The van der Waals surface area contributed by atoms with E-state index in [4.69, 9.17) is 9.84 Å². The van der Waals surface area contributed by atoms with Crippen molar-refractivity contribution in [1.82, 2.24) is 37.7 Å². The van der Waals surface area contributed by atoms with Gasteiger partial charge in [-0.3, -0.25) is 23.7 Å². The topological polar surface area (TPSA) is 154 Å². The molecule has 7 aromatic rings. The van der Waals surface area contributed by atoms with Crippen LogP contribution in [0.25, 0.3) is 28.1 Å². The van der Waals surface area contributed by atoms with E-state index in [1.807, 2.05) is 24.8 Å². The molecule has 1 aliphatic carbocycles. The predicted molar refractivity (Wildman–Crippen MR) is 240 cm³/mol. The van der Waals surface area contributed by atoms with E-state index in [2.05, 4.69) is 36.5 Å². The Morgan fingerprint density at radius 2 is 1.71 bits per heavy atom. The van der Waals surface area contributed by atoms with E-state index in [0.717, 1.165) is 41.0 Å². The second kappa shape index (κ2) is 15.4. The minimum absolute atomic E-state index is 0.194. The van der Waals surface area contributed by atoms with E-state index in [9.17, 15) is 13.8 Å². The molecular formula is C46H48FN9O5S2. The van der Waals surface area contributed by atoms with Gasteiger partial charge < -0.3 is 14.2 Å². The maximum absolute atomic E-state index is 15.4. The number of aromatic amines is 1. The van der Waals surface area contributed by atoms with E-state index in [1.165, 1.54) is 14.7 Å². The SMILES string of the molecule is CC[S@](=O)(=NC)c1ccc(-n2ccn(-c3c4c(nn3-c3cc(C)c(F)c(C)c3)CCN(C(=O)c3cc5cc(C6CCOCC6)ccc5n3C3(c5nsc(=O)[nH]5)CC3)[C@H]4C)c2=O)cc1. The highest BCUT2D eigenvalue weighted by Crippen LogP contribution is 2.51. The number of aryl methyl sites for hydroxylation is 2. The van der Waals surface area contributed by atoms with E-state index >= 15 is 9.18 Å². The van der Waals surface area contributed by atoms with Crippen molar-refractivity contribution in [3.63, 3.8) is 0 Å². The molecule has 10 rings (SSSR count). The predicted octanol–water partition coefficient (Wildman–Crippen LogP) is 7.34. The summed E-state index contributed by atoms with van der Waals surface area (Å²) in [5.74, 6) is 1.20. The number of carbonyl (C=O) groups excluding carboxylic acids is 1. The van der Waals surface area contributed by atoms with Gasteiger partial charge in [-0.2, -0.15) is 9.47 Å². The molecule has 17 heteroatoms. The van der Waals surface area contributed by atoms with E-state index in [1.54, 1.807) is 74.4 Å². The molecule has 14 nitrogen and oxygen atoms in total. The Hall–Kier alpha value is -5.91. The number of imidazole rings is 1. The normalized spacial score (nSPS) is 18.4. The van der Waals surface area contributed by atoms with E-state index < -0.39 is 21.3 Å². The van der Waals surface area contributed by atoms with Crippen LogP contribution in [0.1, 0.15) is 95.8 Å². The molecule has 1 saturated carbocycles. The van der Waals surface area contributed by atoms with Crippen molar-refractivity contribution in [2.24, 2.45) is 4.36 Å². The molecular weight excluding hydrogens is 842 g/mol. The molecule has 3 aromatic carbocycles. The van der Waals surface area contributed by atoms with Crippen LogP contribution in [0.2, 0.25) is 0 Å². The summed E-state index contributed by atoms with van der Waals surface area (Å²) in [7, 11) is -1.03. The first-order chi connectivity index (χ1) is 30.4. The lowest BCUT2D eigenvalue weighted by Crippen LogP contribution is -2.41. The first kappa shape index (κ1) is 41.1. The summed E-state index contributed by atoms with van der Waals surface area (Å²) in [5, 5.41) is 6.03. The molecule has 0 unspecified atom stereocenters. The molecule has 63 heavy (non-hydrogen) atoms. The molecule has 0 spiro atoms. The molecule has 6 heterocycles. The van der Waals surface area contributed by atoms with Crippen molar-refractivity contribution in [2.75, 3.05) is 32.6 Å². The number of benzene rings is 3. The molecule has 1 amide bonds. The van der Waals surface area contributed by atoms with Gasteiger partial charge in [-0.1, -0.05) is 13.0 Å². The second-order valence-electron chi connectivity index (χ2n) is 16.9. The molecule has 4 aromatic heterocycles. The van der Waals surface area contributed by atoms with Crippen molar-refractivity contribution in [1.29, 1.82) is 0 Å². The smallest absolute Gasteiger partial charge is 0.338 e. The Kier molecular flexibility index (Phi) is 10.1. The van der Waals surface area contributed by atoms with Crippen molar-refractivity contribution in [3.05, 3.63) is 138 Å². The fourth-order valence-electron chi connectivity index (χ4n) is 9.74. The monoisotopic (exact) mass is 889 g/mol. The van der Waals surface area contributed by atoms with Crippen LogP contribution in [0, 0.1) is 19.7 Å². The van der Waals surface area contributed by atoms with Crippen molar-refractivity contribution < 1.29 is 18.1 Å². The van der Waals surface area contributed by atoms with Crippen LogP contribution in [-0.4, -0.2) is 80.4 Å². The molecule has 326 valence electrons. The summed E-state index contributed by atoms with van der Waals surface area (Å²) in [6.45, 7) is 8.97. The lowest BCUT2D eigenvalue weighted by atomic mass is 9.91. The summed E-state index contributed by atoms with van der Waals surface area (Å²) in [4.78, 5) is 47.6. The van der Waals surface area contributed by atoms with Crippen molar-refractivity contribution >= 4 is 38.1 Å². The zero-order valence-electron chi connectivity index (χ0n) is 35.8. The van der Waals surface area contributed by atoms with Gasteiger partial charge in [0.15, 0.2) is 0 Å². The molecule has 1 N–H and O–H groups in total. The summed E-state index contributed by atoms with van der Waals surface area (Å²) < 4.78 is 49.5. The number of fused-ring (bicyclic) bond motifs is 2. The first-order valence-corrected chi connectivity index (χ1v) is 23.8. The summed E-state index contributed by atoms with van der Waals surface area (Å²) in [6.07, 6.45) is 7.03. The van der Waals surface area contributed by atoms with Crippen LogP contribution in [-0.2, 0) is 26.4 Å². The minimum Gasteiger partial charge on any atom is -0.381 e. The van der Waals surface area contributed by atoms with Gasteiger partial charge >= 0.3 is 10.6 Å². The lowest BCUT2D eigenvalue weighted by Gasteiger charge is -2.34. The standard InChI is InChI=1S/C46H48FN9O5S2/c1-6-63(60,48-5)35-10-8-33(9-11-35)53-19-20-54(45(53)59)41-39-29(4)52(18-13-36(39)50-56(41)34-23-27(2)40(47)28(3)24-34)42(57)38-26-32-25-31(30-14-21-61-22-15-30)7-12-37(32)55(38)46(16-17-46)43-49-44(58)62-51-43/h7-12,19-20,23-26,29-30H,6,13-18,21-22H2,1-5H3,(H,49,51,58)/t29-,63+/m0/s1. The number of rotatable bonds is 9. The van der Waals surface area contributed by atoms with Gasteiger partial charge in [-0.05, 0) is 124 Å². The zero-order chi connectivity index (χ0) is 43.9. The summed E-state index contributed by atoms with van der Waals surface area (Å²) in [6, 6.07) is 18.3. The molecule has 0 bridgehead atoms. The average Bonchev–Trinajstić information content (AvgIpc) is 3.58. The van der Waals surface area contributed by atoms with Gasteiger partial charge in [0.05, 0.1) is 32.8 Å². The van der Waals surface area contributed by atoms with Crippen LogP contribution >= 0.6 is 11.5 Å². The van der Waals surface area contributed by atoms with Crippen molar-refractivity contribution in [2.45, 2.75) is 82.2 Å². The number of H-pyrrole nitrogens is 1. The maximum atomic E-state index is 15.4. The number of ether oxygens (including phenoxy) is 1. The third-order valence-corrected chi connectivity index (χ3v) is 16.2. The van der Waals surface area contributed by atoms with Crippen LogP contribution in [0.5, 0.6) is 0 Å². The number of nitrogens with one attached hydrogen (secondary N) is 1. The van der Waals surface area contributed by atoms with E-state index in [0.29, 0.717) is 101 Å². The Morgan fingerprint density at radius 3 is 2.37 bits per heavy atom. The van der Waals surface area contributed by atoms with Gasteiger partial charge in [0, 0.05) is 84.3 Å². The Morgan fingerprint density at radius 1 is 1.00 bits per heavy atom. The van der Waals surface area contributed by atoms with Gasteiger partial charge in [-0.25, -0.2) is 22.4 Å². The number of hydrogen-bond acceptors (Lipinski definition) is 9. The fraction of sp³-hybridized carbons (Fsp3) is 0.370. The molecule has 2 atom stereocenters. The number of aromatic nitrogens is 7. The quantitative estimate of drug-likeness (QED) is 0.159. The highest BCUT2D eigenvalue weighted by molar-refractivity contribution is 7.93. The lowest BCUT2D eigenvalue weighted by molar-refractivity contribution is 0.0664. The molecule has 0 radical (unpaired) electrons. The number of amides is 1. The third-order valence-electron chi connectivity index (χ3n) is 13.3. The first-order valence-electron chi connectivity index (χ1n) is 21.4. The Bertz CT molecular complexity index is 3180. The Balaban J connectivity index is 1.10. The molecule has 2 aliphatic heterocycles. The number of hydrogen-bond donors (Lipinski definition) is 1. The summed E-state index contributed by atoms with van der Waals surface area (Å²) >= 11 is 0.880. The highest BCUT2D eigenvalue weighted by Gasteiger charge is 2.52. The van der Waals surface area contributed by atoms with Gasteiger partial charge in [0.1, 0.15) is 28.7 Å². The largest absolute Gasteiger partial charge is 0.381 e. The summed E-state index contributed by atoms with van der Waals surface area (Å²) in [5.41, 5.74) is 4.96. The highest BCUT2D eigenvalue weighted by atomic mass is 32.2. The van der Waals surface area contributed by atoms with Gasteiger partial charge in [-0.15, -0.1) is 0 Å². The van der Waals surface area contributed by atoms with E-state index in [-0.39, 0.29) is 22.3 Å². The van der Waals surface area contributed by atoms with Crippen LogP contribution < -0.4 is 10.6 Å². The minimum atomic E-state index is -2.57. The average molecular weight is 890 g/mol. The zero-order valence-corrected chi connectivity index (χ0v) is 37.4. The fourth-order valence-corrected chi connectivity index (χ4v) is 11.6. The van der Waals surface area contributed by atoms with Gasteiger partial charge in [0.2, 0.25) is 0 Å².